The number of carbonyl (C=O) groups is 2. The Kier molecular flexibility index (Phi) is 4.85. The number of benzene rings is 1. The number of aromatic nitrogens is 2. The average molecular weight is 407 g/mol. The molecule has 0 saturated carbocycles. The summed E-state index contributed by atoms with van der Waals surface area (Å²) >= 11 is 0. The summed E-state index contributed by atoms with van der Waals surface area (Å²) < 4.78 is 16.0. The molecule has 0 atom stereocenters. The molecular weight excluding hydrogens is 390 g/mol. The molecule has 1 aromatic carbocycles. The number of pyridine rings is 1. The molecule has 3 aromatic rings. The number of Topliss-reactive ketones (excluding diaryl/α,β-unsaturated/α-hetero) is 1. The zero-order chi connectivity index (χ0) is 21.3. The van der Waals surface area contributed by atoms with Crippen LogP contribution in [0.4, 0.5) is 5.69 Å². The van der Waals surface area contributed by atoms with Gasteiger partial charge in [0.15, 0.2) is 22.8 Å². The van der Waals surface area contributed by atoms with Crippen LogP contribution in [0.1, 0.15) is 5.56 Å². The number of fused-ring (bicyclic) bond motifs is 1. The standard InChI is InChI=1S/C21H17N3O6/c1-28-14-6-5-12(9-15(14)29-2)24-20-17(21(26)27)18(25)16(30-20)8-11-10-23-19-13(11)4-3-7-22-19/h3-10,24H,1-2H3,(H,22,23)(H,26,27)/b16-8-. The lowest BCUT2D eigenvalue weighted by Crippen LogP contribution is -2.12. The molecule has 1 aliphatic heterocycles. The molecule has 0 bridgehead atoms. The van der Waals surface area contributed by atoms with E-state index in [9.17, 15) is 14.7 Å². The second-order valence-electron chi connectivity index (χ2n) is 6.29. The Morgan fingerprint density at radius 2 is 2.03 bits per heavy atom. The SMILES string of the molecule is COc1ccc(NC2=C(C(=O)O)C(=O)/C(=C/c3c[nH]c4ncccc34)O2)cc1OC. The van der Waals surface area contributed by atoms with Crippen LogP contribution in [-0.4, -0.2) is 41.0 Å². The summed E-state index contributed by atoms with van der Waals surface area (Å²) in [6, 6.07) is 8.50. The number of ether oxygens (including phenoxy) is 3. The van der Waals surface area contributed by atoms with Gasteiger partial charge in [-0.15, -0.1) is 0 Å². The maximum absolute atomic E-state index is 12.7. The van der Waals surface area contributed by atoms with E-state index in [1.54, 1.807) is 36.7 Å². The average Bonchev–Trinajstić information content (AvgIpc) is 3.29. The van der Waals surface area contributed by atoms with Crippen LogP contribution < -0.4 is 14.8 Å². The Hall–Kier alpha value is -4.27. The van der Waals surface area contributed by atoms with Crippen LogP contribution in [0.25, 0.3) is 17.1 Å². The Labute approximate surface area is 170 Å². The van der Waals surface area contributed by atoms with Crippen molar-refractivity contribution in [3.05, 3.63) is 65.5 Å². The first-order chi connectivity index (χ1) is 14.5. The van der Waals surface area contributed by atoms with Gasteiger partial charge in [0.1, 0.15) is 5.65 Å². The van der Waals surface area contributed by atoms with Gasteiger partial charge in [-0.3, -0.25) is 4.79 Å². The van der Waals surface area contributed by atoms with Crippen LogP contribution >= 0.6 is 0 Å². The fourth-order valence-corrected chi connectivity index (χ4v) is 3.09. The largest absolute Gasteiger partial charge is 0.493 e. The topological polar surface area (TPSA) is 123 Å². The van der Waals surface area contributed by atoms with Gasteiger partial charge in [0, 0.05) is 35.1 Å². The van der Waals surface area contributed by atoms with Crippen molar-refractivity contribution in [2.45, 2.75) is 0 Å². The summed E-state index contributed by atoms with van der Waals surface area (Å²) in [7, 11) is 2.99. The zero-order valence-corrected chi connectivity index (χ0v) is 16.1. The third-order valence-electron chi connectivity index (χ3n) is 4.51. The summed E-state index contributed by atoms with van der Waals surface area (Å²) in [6.45, 7) is 0. The van der Waals surface area contributed by atoms with Crippen molar-refractivity contribution in [1.82, 2.24) is 9.97 Å². The van der Waals surface area contributed by atoms with E-state index >= 15 is 0 Å². The van der Waals surface area contributed by atoms with Gasteiger partial charge < -0.3 is 29.6 Å². The van der Waals surface area contributed by atoms with E-state index < -0.39 is 17.3 Å². The summed E-state index contributed by atoms with van der Waals surface area (Å²) in [5.41, 5.74) is 1.27. The van der Waals surface area contributed by atoms with E-state index in [2.05, 4.69) is 15.3 Å². The van der Waals surface area contributed by atoms with Crippen molar-refractivity contribution in [3.8, 4) is 11.5 Å². The van der Waals surface area contributed by atoms with Crippen LogP contribution in [0.15, 0.2) is 59.9 Å². The van der Waals surface area contributed by atoms with Crippen molar-refractivity contribution < 1.29 is 28.9 Å². The maximum atomic E-state index is 12.7. The minimum atomic E-state index is -1.40. The van der Waals surface area contributed by atoms with Gasteiger partial charge in [0.05, 0.1) is 14.2 Å². The summed E-state index contributed by atoms with van der Waals surface area (Å²) in [5.74, 6) is -1.47. The number of rotatable bonds is 6. The van der Waals surface area contributed by atoms with Crippen LogP contribution in [0.2, 0.25) is 0 Å². The predicted octanol–water partition coefficient (Wildman–Crippen LogP) is 2.93. The number of H-pyrrole nitrogens is 1. The zero-order valence-electron chi connectivity index (χ0n) is 16.1. The molecule has 152 valence electrons. The molecule has 0 spiro atoms. The summed E-state index contributed by atoms with van der Waals surface area (Å²) in [6.07, 6.45) is 4.79. The second kappa shape index (κ2) is 7.63. The lowest BCUT2D eigenvalue weighted by molar-refractivity contribution is -0.134. The van der Waals surface area contributed by atoms with Gasteiger partial charge in [-0.1, -0.05) is 0 Å². The first-order valence-electron chi connectivity index (χ1n) is 8.84. The van der Waals surface area contributed by atoms with Crippen molar-refractivity contribution in [2.24, 2.45) is 0 Å². The highest BCUT2D eigenvalue weighted by Gasteiger charge is 2.36. The Bertz CT molecular complexity index is 1220. The number of allylic oxidation sites excluding steroid dienone is 1. The fraction of sp³-hybridized carbons (Fsp3) is 0.0952. The molecule has 30 heavy (non-hydrogen) atoms. The molecule has 9 heteroatoms. The van der Waals surface area contributed by atoms with Crippen LogP contribution in [0.5, 0.6) is 11.5 Å². The maximum Gasteiger partial charge on any atom is 0.345 e. The number of carbonyl (C=O) groups excluding carboxylic acids is 1. The third-order valence-corrected chi connectivity index (χ3v) is 4.51. The van der Waals surface area contributed by atoms with E-state index in [1.165, 1.54) is 20.3 Å². The molecule has 0 amide bonds. The number of aromatic amines is 1. The molecule has 0 radical (unpaired) electrons. The van der Waals surface area contributed by atoms with E-state index in [4.69, 9.17) is 14.2 Å². The highest BCUT2D eigenvalue weighted by Crippen LogP contribution is 2.33. The number of anilines is 1. The summed E-state index contributed by atoms with van der Waals surface area (Å²) in [4.78, 5) is 31.6. The lowest BCUT2D eigenvalue weighted by Gasteiger charge is -2.12. The Balaban J connectivity index is 1.67. The number of nitrogens with zero attached hydrogens (tertiary/aromatic N) is 1. The van der Waals surface area contributed by atoms with Crippen molar-refractivity contribution in [1.29, 1.82) is 0 Å². The molecule has 3 heterocycles. The smallest absolute Gasteiger partial charge is 0.345 e. The fourth-order valence-electron chi connectivity index (χ4n) is 3.09. The van der Waals surface area contributed by atoms with Crippen LogP contribution in [0, 0.1) is 0 Å². The molecule has 4 rings (SSSR count). The Morgan fingerprint density at radius 1 is 1.23 bits per heavy atom. The monoisotopic (exact) mass is 407 g/mol. The number of aliphatic carboxylic acids is 1. The number of methoxy groups -OCH3 is 2. The van der Waals surface area contributed by atoms with E-state index in [0.29, 0.717) is 28.4 Å². The molecule has 2 aromatic heterocycles. The third kappa shape index (κ3) is 3.32. The number of hydrogen-bond acceptors (Lipinski definition) is 7. The van der Waals surface area contributed by atoms with Gasteiger partial charge in [0.25, 0.3) is 0 Å². The minimum absolute atomic E-state index is 0.111. The quantitative estimate of drug-likeness (QED) is 0.421. The number of carboxylic acids is 1. The molecule has 0 aliphatic carbocycles. The first kappa shape index (κ1) is 19.1. The van der Waals surface area contributed by atoms with Gasteiger partial charge >= 0.3 is 5.97 Å². The molecule has 3 N–H and O–H groups in total. The molecule has 0 fully saturated rings. The Morgan fingerprint density at radius 3 is 2.77 bits per heavy atom. The minimum Gasteiger partial charge on any atom is -0.493 e. The van der Waals surface area contributed by atoms with Crippen LogP contribution in [-0.2, 0) is 14.3 Å². The van der Waals surface area contributed by atoms with Crippen molar-refractivity contribution in [3.63, 3.8) is 0 Å². The second-order valence-corrected chi connectivity index (χ2v) is 6.29. The summed E-state index contributed by atoms with van der Waals surface area (Å²) in [5, 5.41) is 13.2. The predicted molar refractivity (Wildman–Crippen MR) is 108 cm³/mol. The van der Waals surface area contributed by atoms with Gasteiger partial charge in [-0.05, 0) is 30.3 Å². The number of carboxylic acid groups (broad SMARTS) is 1. The highest BCUT2D eigenvalue weighted by molar-refractivity contribution is 6.26. The van der Waals surface area contributed by atoms with Gasteiger partial charge in [-0.2, -0.15) is 0 Å². The normalized spacial score (nSPS) is 14.9. The molecule has 9 nitrogen and oxygen atoms in total. The first-order valence-corrected chi connectivity index (χ1v) is 8.84. The van der Waals surface area contributed by atoms with E-state index in [-0.39, 0.29) is 11.6 Å². The molecule has 1 aliphatic rings. The van der Waals surface area contributed by atoms with Gasteiger partial charge in [0.2, 0.25) is 11.7 Å². The molecule has 0 unspecified atom stereocenters. The molecule has 0 saturated heterocycles. The number of hydrogen-bond donors (Lipinski definition) is 3. The van der Waals surface area contributed by atoms with Crippen molar-refractivity contribution >= 4 is 34.5 Å². The number of ketones is 1. The van der Waals surface area contributed by atoms with E-state index in [1.807, 2.05) is 6.07 Å². The number of nitrogens with one attached hydrogen (secondary N) is 2. The molecular formula is C21H17N3O6. The van der Waals surface area contributed by atoms with Gasteiger partial charge in [-0.25, -0.2) is 9.78 Å². The lowest BCUT2D eigenvalue weighted by atomic mass is 10.1. The van der Waals surface area contributed by atoms with Crippen LogP contribution in [0.3, 0.4) is 0 Å². The van der Waals surface area contributed by atoms with E-state index in [0.717, 1.165) is 5.39 Å². The highest BCUT2D eigenvalue weighted by atomic mass is 16.5. The van der Waals surface area contributed by atoms with Crippen molar-refractivity contribution in [2.75, 3.05) is 19.5 Å².